The lowest BCUT2D eigenvalue weighted by Gasteiger charge is -2.10. The van der Waals surface area contributed by atoms with Crippen molar-refractivity contribution in [1.29, 1.82) is 0 Å². The van der Waals surface area contributed by atoms with Crippen molar-refractivity contribution in [1.82, 2.24) is 0 Å². The number of hydrogen-bond acceptors (Lipinski definition) is 4. The van der Waals surface area contributed by atoms with Gasteiger partial charge in [0.25, 0.3) is 0 Å². The van der Waals surface area contributed by atoms with Crippen LogP contribution in [0, 0.1) is 12.8 Å². The molecule has 0 saturated carbocycles. The van der Waals surface area contributed by atoms with E-state index in [0.717, 1.165) is 11.3 Å². The number of sulfone groups is 1. The van der Waals surface area contributed by atoms with Crippen molar-refractivity contribution in [3.63, 3.8) is 0 Å². The number of carbonyl (C=O) groups is 1. The SMILES string of the molecule is Cc1cccc(Oc2ccc(NC(=O)CC3CCS(=O)(=O)C3)cc2)c1. The number of rotatable bonds is 5. The number of nitrogens with one attached hydrogen (secondary N) is 1. The minimum Gasteiger partial charge on any atom is -0.457 e. The molecule has 1 fully saturated rings. The highest BCUT2D eigenvalue weighted by atomic mass is 32.2. The Morgan fingerprint density at radius 2 is 1.92 bits per heavy atom. The molecule has 1 heterocycles. The summed E-state index contributed by atoms with van der Waals surface area (Å²) in [6.07, 6.45) is 0.805. The molecule has 132 valence electrons. The van der Waals surface area contributed by atoms with Crippen LogP contribution in [0.5, 0.6) is 11.5 Å². The molecule has 0 spiro atoms. The van der Waals surface area contributed by atoms with Crippen molar-refractivity contribution in [2.45, 2.75) is 19.8 Å². The van der Waals surface area contributed by atoms with Crippen LogP contribution in [0.4, 0.5) is 5.69 Å². The standard InChI is InChI=1S/C19H21NO4S/c1-14-3-2-4-18(11-14)24-17-7-5-16(6-8-17)20-19(21)12-15-9-10-25(22,23)13-15/h2-8,11,15H,9-10,12-13H2,1H3,(H,20,21). The molecule has 5 nitrogen and oxygen atoms in total. The quantitative estimate of drug-likeness (QED) is 0.886. The summed E-state index contributed by atoms with van der Waals surface area (Å²) in [6, 6.07) is 14.9. The summed E-state index contributed by atoms with van der Waals surface area (Å²) in [4.78, 5) is 12.1. The topological polar surface area (TPSA) is 72.5 Å². The van der Waals surface area contributed by atoms with E-state index in [9.17, 15) is 13.2 Å². The van der Waals surface area contributed by atoms with E-state index in [0.29, 0.717) is 17.9 Å². The van der Waals surface area contributed by atoms with E-state index in [2.05, 4.69) is 5.32 Å². The Labute approximate surface area is 147 Å². The molecule has 1 saturated heterocycles. The molecule has 0 bridgehead atoms. The third-order valence-electron chi connectivity index (χ3n) is 4.16. The average molecular weight is 359 g/mol. The molecular formula is C19H21NO4S. The third kappa shape index (κ3) is 5.06. The highest BCUT2D eigenvalue weighted by Crippen LogP contribution is 2.25. The minimum absolute atomic E-state index is 0.0751. The lowest BCUT2D eigenvalue weighted by atomic mass is 10.1. The fraction of sp³-hybridized carbons (Fsp3) is 0.316. The summed E-state index contributed by atoms with van der Waals surface area (Å²) in [5.41, 5.74) is 1.79. The molecule has 1 atom stereocenters. The smallest absolute Gasteiger partial charge is 0.224 e. The van der Waals surface area contributed by atoms with Crippen LogP contribution in [0.2, 0.25) is 0 Å². The summed E-state index contributed by atoms with van der Waals surface area (Å²) in [6.45, 7) is 2.00. The lowest BCUT2D eigenvalue weighted by Crippen LogP contribution is -2.17. The fourth-order valence-electron chi connectivity index (χ4n) is 2.93. The summed E-state index contributed by atoms with van der Waals surface area (Å²) in [5, 5.41) is 2.81. The number of aryl methyl sites for hydroxylation is 1. The van der Waals surface area contributed by atoms with Gasteiger partial charge in [-0.3, -0.25) is 4.79 Å². The summed E-state index contributed by atoms with van der Waals surface area (Å²) >= 11 is 0. The van der Waals surface area contributed by atoms with Crippen molar-refractivity contribution in [2.75, 3.05) is 16.8 Å². The second kappa shape index (κ2) is 7.27. The van der Waals surface area contributed by atoms with Crippen LogP contribution in [-0.2, 0) is 14.6 Å². The lowest BCUT2D eigenvalue weighted by molar-refractivity contribution is -0.116. The van der Waals surface area contributed by atoms with Crippen LogP contribution in [0.15, 0.2) is 48.5 Å². The molecule has 2 aromatic carbocycles. The minimum atomic E-state index is -2.95. The monoisotopic (exact) mass is 359 g/mol. The van der Waals surface area contributed by atoms with Crippen molar-refractivity contribution < 1.29 is 17.9 Å². The van der Waals surface area contributed by atoms with E-state index in [1.54, 1.807) is 24.3 Å². The second-order valence-electron chi connectivity index (χ2n) is 6.46. The van der Waals surface area contributed by atoms with Gasteiger partial charge in [-0.15, -0.1) is 0 Å². The molecule has 1 aliphatic rings. The van der Waals surface area contributed by atoms with E-state index < -0.39 is 9.84 Å². The van der Waals surface area contributed by atoms with E-state index in [1.807, 2.05) is 31.2 Å². The van der Waals surface area contributed by atoms with Gasteiger partial charge in [0.15, 0.2) is 9.84 Å². The van der Waals surface area contributed by atoms with E-state index >= 15 is 0 Å². The number of amides is 1. The van der Waals surface area contributed by atoms with Crippen LogP contribution >= 0.6 is 0 Å². The van der Waals surface area contributed by atoms with E-state index in [-0.39, 0.29) is 29.8 Å². The van der Waals surface area contributed by atoms with Crippen molar-refractivity contribution in [3.8, 4) is 11.5 Å². The first-order valence-electron chi connectivity index (χ1n) is 8.24. The fourth-order valence-corrected chi connectivity index (χ4v) is 4.79. The molecule has 25 heavy (non-hydrogen) atoms. The Morgan fingerprint density at radius 1 is 1.16 bits per heavy atom. The Morgan fingerprint density at radius 3 is 2.56 bits per heavy atom. The van der Waals surface area contributed by atoms with Gasteiger partial charge in [-0.05, 0) is 61.2 Å². The summed E-state index contributed by atoms with van der Waals surface area (Å²) in [7, 11) is -2.95. The number of carbonyl (C=O) groups excluding carboxylic acids is 1. The molecule has 1 aliphatic heterocycles. The summed E-state index contributed by atoms with van der Waals surface area (Å²) < 4.78 is 28.7. The van der Waals surface area contributed by atoms with Gasteiger partial charge in [0.05, 0.1) is 11.5 Å². The van der Waals surface area contributed by atoms with Gasteiger partial charge in [0, 0.05) is 12.1 Å². The highest BCUT2D eigenvalue weighted by Gasteiger charge is 2.29. The predicted octanol–water partition coefficient (Wildman–Crippen LogP) is 3.55. The van der Waals surface area contributed by atoms with Gasteiger partial charge < -0.3 is 10.1 Å². The Hall–Kier alpha value is -2.34. The highest BCUT2D eigenvalue weighted by molar-refractivity contribution is 7.91. The van der Waals surface area contributed by atoms with Gasteiger partial charge >= 0.3 is 0 Å². The number of benzene rings is 2. The number of ether oxygens (including phenoxy) is 1. The molecule has 6 heteroatoms. The Bertz CT molecular complexity index is 859. The third-order valence-corrected chi connectivity index (χ3v) is 6.00. The van der Waals surface area contributed by atoms with Crippen molar-refractivity contribution in [2.24, 2.45) is 5.92 Å². The second-order valence-corrected chi connectivity index (χ2v) is 8.69. The molecule has 2 aromatic rings. The van der Waals surface area contributed by atoms with Crippen molar-refractivity contribution in [3.05, 3.63) is 54.1 Å². The van der Waals surface area contributed by atoms with Gasteiger partial charge in [-0.2, -0.15) is 0 Å². The van der Waals surface area contributed by atoms with Crippen LogP contribution in [0.25, 0.3) is 0 Å². The molecule has 1 unspecified atom stereocenters. The van der Waals surface area contributed by atoms with Crippen LogP contribution in [-0.4, -0.2) is 25.8 Å². The van der Waals surface area contributed by atoms with Gasteiger partial charge in [0.1, 0.15) is 11.5 Å². The van der Waals surface area contributed by atoms with Gasteiger partial charge in [0.2, 0.25) is 5.91 Å². The van der Waals surface area contributed by atoms with E-state index in [4.69, 9.17) is 4.74 Å². The Kier molecular flexibility index (Phi) is 5.08. The average Bonchev–Trinajstić information content (AvgIpc) is 2.88. The van der Waals surface area contributed by atoms with Crippen LogP contribution in [0.3, 0.4) is 0 Å². The largest absolute Gasteiger partial charge is 0.457 e. The first-order valence-corrected chi connectivity index (χ1v) is 10.1. The maximum atomic E-state index is 12.1. The van der Waals surface area contributed by atoms with Crippen LogP contribution < -0.4 is 10.1 Å². The molecule has 3 rings (SSSR count). The maximum Gasteiger partial charge on any atom is 0.224 e. The molecule has 1 amide bonds. The predicted molar refractivity (Wildman–Crippen MR) is 97.7 cm³/mol. The zero-order valence-electron chi connectivity index (χ0n) is 14.1. The molecule has 0 radical (unpaired) electrons. The number of hydrogen-bond donors (Lipinski definition) is 1. The van der Waals surface area contributed by atoms with E-state index in [1.165, 1.54) is 0 Å². The normalized spacial score (nSPS) is 18.7. The zero-order valence-corrected chi connectivity index (χ0v) is 14.9. The molecule has 0 aromatic heterocycles. The number of anilines is 1. The Balaban J connectivity index is 1.54. The molecular weight excluding hydrogens is 338 g/mol. The van der Waals surface area contributed by atoms with Crippen LogP contribution in [0.1, 0.15) is 18.4 Å². The summed E-state index contributed by atoms with van der Waals surface area (Å²) in [5.74, 6) is 1.52. The van der Waals surface area contributed by atoms with Gasteiger partial charge in [-0.25, -0.2) is 8.42 Å². The molecule has 1 N–H and O–H groups in total. The van der Waals surface area contributed by atoms with Crippen molar-refractivity contribution >= 4 is 21.4 Å². The first-order chi connectivity index (χ1) is 11.9. The first kappa shape index (κ1) is 17.5. The molecule has 0 aliphatic carbocycles. The maximum absolute atomic E-state index is 12.1. The zero-order chi connectivity index (χ0) is 17.9. The van der Waals surface area contributed by atoms with Gasteiger partial charge in [-0.1, -0.05) is 12.1 Å².